The number of carbonyl (C=O) groups is 2. The van der Waals surface area contributed by atoms with Gasteiger partial charge in [-0.2, -0.15) is 0 Å². The first-order valence-corrected chi connectivity index (χ1v) is 13.4. The van der Waals surface area contributed by atoms with Gasteiger partial charge in [-0.15, -0.1) is 0 Å². The monoisotopic (exact) mass is 496 g/mol. The molecule has 0 radical (unpaired) electrons. The third-order valence-electron chi connectivity index (χ3n) is 7.81. The molecule has 2 atom stereocenters. The maximum absolute atomic E-state index is 13.9. The van der Waals surface area contributed by atoms with Crippen LogP contribution in [-0.2, 0) is 17.8 Å². The summed E-state index contributed by atoms with van der Waals surface area (Å²) >= 11 is 0. The van der Waals surface area contributed by atoms with Gasteiger partial charge in [-0.05, 0) is 66.8 Å². The number of para-hydroxylation sites is 2. The average molecular weight is 497 g/mol. The highest BCUT2D eigenvalue weighted by atomic mass is 16.5. The number of Topliss-reactive ketones (excluding diaryl/α,β-unsaturated/α-hetero) is 1. The molecule has 0 saturated heterocycles. The lowest BCUT2D eigenvalue weighted by molar-refractivity contribution is -0.121. The number of ketones is 1. The van der Waals surface area contributed by atoms with Gasteiger partial charge >= 0.3 is 0 Å². The van der Waals surface area contributed by atoms with Gasteiger partial charge in [-0.1, -0.05) is 74.5 Å². The number of aryl methyl sites for hydroxylation is 1. The van der Waals surface area contributed by atoms with Crippen molar-refractivity contribution < 1.29 is 14.3 Å². The Morgan fingerprint density at radius 3 is 2.49 bits per heavy atom. The standard InChI is InChI=1S/C32H36N2O3/c1-23(2)27-20-32(27,30(35)21-34-19-11-10-15-25-14-6-8-17-28(25)34)33-31(36)26-16-7-9-18-29(26)37-22-24-12-4-3-5-13-24/h3-9,12-14,16-18,23,27H,10-11,15,19-22H2,1-2H3,(H,33,36)/t27-,32+/m0/s1. The number of hydrogen-bond donors (Lipinski definition) is 1. The summed E-state index contributed by atoms with van der Waals surface area (Å²) in [5.41, 5.74) is 3.10. The predicted octanol–water partition coefficient (Wildman–Crippen LogP) is 5.82. The number of rotatable bonds is 9. The SMILES string of the molecule is CC(C)[C@@H]1C[C@]1(NC(=O)c1ccccc1OCc1ccccc1)C(=O)CN1CCCCc2ccccc21. The molecular weight excluding hydrogens is 460 g/mol. The lowest BCUT2D eigenvalue weighted by Gasteiger charge is -2.28. The van der Waals surface area contributed by atoms with Crippen LogP contribution in [0.5, 0.6) is 5.75 Å². The van der Waals surface area contributed by atoms with E-state index in [1.165, 1.54) is 5.56 Å². The van der Waals surface area contributed by atoms with E-state index in [9.17, 15) is 9.59 Å². The van der Waals surface area contributed by atoms with Crippen molar-refractivity contribution in [1.82, 2.24) is 5.32 Å². The zero-order valence-electron chi connectivity index (χ0n) is 21.8. The number of nitrogens with zero attached hydrogens (tertiary/aromatic N) is 1. The molecule has 3 aromatic carbocycles. The molecule has 1 fully saturated rings. The molecule has 192 valence electrons. The van der Waals surface area contributed by atoms with Crippen molar-refractivity contribution in [3.05, 3.63) is 95.6 Å². The van der Waals surface area contributed by atoms with Crippen LogP contribution < -0.4 is 15.0 Å². The highest BCUT2D eigenvalue weighted by Crippen LogP contribution is 2.49. The van der Waals surface area contributed by atoms with E-state index >= 15 is 0 Å². The predicted molar refractivity (Wildman–Crippen MR) is 147 cm³/mol. The van der Waals surface area contributed by atoms with Crippen LogP contribution >= 0.6 is 0 Å². The van der Waals surface area contributed by atoms with E-state index in [1.54, 1.807) is 6.07 Å². The molecule has 0 aromatic heterocycles. The number of carbonyl (C=O) groups excluding carboxylic acids is 2. The third-order valence-corrected chi connectivity index (χ3v) is 7.81. The fourth-order valence-corrected chi connectivity index (χ4v) is 5.66. The molecule has 1 saturated carbocycles. The fraction of sp³-hybridized carbons (Fsp3) is 0.375. The molecule has 2 aliphatic rings. The maximum atomic E-state index is 13.9. The zero-order chi connectivity index (χ0) is 25.8. The minimum atomic E-state index is -0.834. The van der Waals surface area contributed by atoms with Gasteiger partial charge in [0.2, 0.25) is 0 Å². The van der Waals surface area contributed by atoms with Crippen molar-refractivity contribution in [1.29, 1.82) is 0 Å². The topological polar surface area (TPSA) is 58.6 Å². The summed E-state index contributed by atoms with van der Waals surface area (Å²) in [6.45, 7) is 5.80. The van der Waals surface area contributed by atoms with Gasteiger partial charge in [0.25, 0.3) is 5.91 Å². The molecule has 1 heterocycles. The van der Waals surface area contributed by atoms with E-state index in [0.717, 1.165) is 37.1 Å². The van der Waals surface area contributed by atoms with Gasteiger partial charge in [0, 0.05) is 12.2 Å². The Hall–Kier alpha value is -3.60. The van der Waals surface area contributed by atoms with Gasteiger partial charge in [0.05, 0.1) is 12.1 Å². The van der Waals surface area contributed by atoms with Crippen LogP contribution in [0.2, 0.25) is 0 Å². The summed E-state index contributed by atoms with van der Waals surface area (Å²) < 4.78 is 6.03. The molecule has 37 heavy (non-hydrogen) atoms. The lowest BCUT2D eigenvalue weighted by atomic mass is 9.98. The van der Waals surface area contributed by atoms with Crippen molar-refractivity contribution in [3.8, 4) is 5.75 Å². The Morgan fingerprint density at radius 1 is 0.973 bits per heavy atom. The van der Waals surface area contributed by atoms with Crippen molar-refractivity contribution in [2.45, 2.75) is 51.7 Å². The summed E-state index contributed by atoms with van der Waals surface area (Å²) in [5.74, 6) is 0.791. The lowest BCUT2D eigenvalue weighted by Crippen LogP contribution is -2.50. The van der Waals surface area contributed by atoms with E-state index in [0.29, 0.717) is 36.8 Å². The van der Waals surface area contributed by atoms with E-state index in [2.05, 4.69) is 42.3 Å². The number of nitrogens with one attached hydrogen (secondary N) is 1. The second-order valence-electron chi connectivity index (χ2n) is 10.7. The van der Waals surface area contributed by atoms with Crippen molar-refractivity contribution >= 4 is 17.4 Å². The summed E-state index contributed by atoms with van der Waals surface area (Å²) in [5, 5.41) is 3.19. The van der Waals surface area contributed by atoms with Gasteiger partial charge in [-0.3, -0.25) is 9.59 Å². The van der Waals surface area contributed by atoms with Gasteiger partial charge in [0.1, 0.15) is 17.9 Å². The third kappa shape index (κ3) is 5.41. The summed E-state index contributed by atoms with van der Waals surface area (Å²) in [4.78, 5) is 29.7. The number of hydrogen-bond acceptors (Lipinski definition) is 4. The Bertz CT molecular complexity index is 1260. The molecule has 1 amide bonds. The normalized spacial score (nSPS) is 20.6. The molecule has 1 aliphatic carbocycles. The largest absolute Gasteiger partial charge is 0.488 e. The molecule has 0 bridgehead atoms. The molecular formula is C32H36N2O3. The molecule has 5 nitrogen and oxygen atoms in total. The highest BCUT2D eigenvalue weighted by molar-refractivity contribution is 6.04. The van der Waals surface area contributed by atoms with Crippen LogP contribution in [0.4, 0.5) is 5.69 Å². The maximum Gasteiger partial charge on any atom is 0.255 e. The number of benzene rings is 3. The smallest absolute Gasteiger partial charge is 0.255 e. The first kappa shape index (κ1) is 25.1. The number of ether oxygens (including phenoxy) is 1. The molecule has 0 unspecified atom stereocenters. The van der Waals surface area contributed by atoms with Crippen LogP contribution in [-0.4, -0.2) is 30.3 Å². The molecule has 5 heteroatoms. The van der Waals surface area contributed by atoms with Crippen molar-refractivity contribution in [2.75, 3.05) is 18.0 Å². The molecule has 5 rings (SSSR count). The Labute approximate surface area is 219 Å². The number of anilines is 1. The number of fused-ring (bicyclic) bond motifs is 1. The van der Waals surface area contributed by atoms with Crippen molar-refractivity contribution in [2.24, 2.45) is 11.8 Å². The average Bonchev–Trinajstić information content (AvgIpc) is 3.69. The van der Waals surface area contributed by atoms with Gasteiger partial charge in [0.15, 0.2) is 5.78 Å². The van der Waals surface area contributed by atoms with E-state index in [-0.39, 0.29) is 17.6 Å². The summed E-state index contributed by atoms with van der Waals surface area (Å²) in [6.07, 6.45) is 3.90. The molecule has 1 N–H and O–H groups in total. The second kappa shape index (κ2) is 10.8. The number of amides is 1. The minimum absolute atomic E-state index is 0.0962. The molecule has 0 spiro atoms. The van der Waals surface area contributed by atoms with Crippen LogP contribution in [0.1, 0.15) is 54.6 Å². The van der Waals surface area contributed by atoms with Crippen molar-refractivity contribution in [3.63, 3.8) is 0 Å². The first-order chi connectivity index (χ1) is 18.0. The molecule has 1 aliphatic heterocycles. The Balaban J connectivity index is 1.34. The zero-order valence-corrected chi connectivity index (χ0v) is 21.8. The molecule has 3 aromatic rings. The first-order valence-electron chi connectivity index (χ1n) is 13.4. The van der Waals surface area contributed by atoms with Crippen LogP contribution in [0.25, 0.3) is 0 Å². The summed E-state index contributed by atoms with van der Waals surface area (Å²) in [6, 6.07) is 25.6. The van der Waals surface area contributed by atoms with Crippen LogP contribution in [0, 0.1) is 11.8 Å². The van der Waals surface area contributed by atoms with E-state index in [1.807, 2.05) is 54.6 Å². The van der Waals surface area contributed by atoms with Crippen LogP contribution in [0.3, 0.4) is 0 Å². The fourth-order valence-electron chi connectivity index (χ4n) is 5.66. The second-order valence-corrected chi connectivity index (χ2v) is 10.7. The quantitative estimate of drug-likeness (QED) is 0.405. The Kier molecular flexibility index (Phi) is 7.31. The van der Waals surface area contributed by atoms with Gasteiger partial charge < -0.3 is 15.0 Å². The van der Waals surface area contributed by atoms with E-state index in [4.69, 9.17) is 4.74 Å². The van der Waals surface area contributed by atoms with E-state index < -0.39 is 5.54 Å². The Morgan fingerprint density at radius 2 is 1.70 bits per heavy atom. The minimum Gasteiger partial charge on any atom is -0.488 e. The van der Waals surface area contributed by atoms with Gasteiger partial charge in [-0.25, -0.2) is 0 Å². The highest BCUT2D eigenvalue weighted by Gasteiger charge is 2.61. The van der Waals surface area contributed by atoms with Crippen LogP contribution in [0.15, 0.2) is 78.9 Å². The summed E-state index contributed by atoms with van der Waals surface area (Å²) in [7, 11) is 0.